The number of nitrogens with zero attached hydrogens (tertiary/aromatic N) is 1. The zero-order chi connectivity index (χ0) is 15.3. The molecule has 1 atom stereocenters. The van der Waals surface area contributed by atoms with Crippen LogP contribution in [0.15, 0.2) is 18.2 Å². The van der Waals surface area contributed by atoms with Crippen molar-refractivity contribution >= 4 is 0 Å². The van der Waals surface area contributed by atoms with Gasteiger partial charge in [0.05, 0.1) is 29.9 Å². The van der Waals surface area contributed by atoms with Crippen LogP contribution < -0.4 is 4.74 Å². The van der Waals surface area contributed by atoms with Gasteiger partial charge in [0.1, 0.15) is 5.75 Å². The quantitative estimate of drug-likeness (QED) is 0.774. The van der Waals surface area contributed by atoms with Gasteiger partial charge in [-0.15, -0.1) is 0 Å². The molecular formula is C15H16F3NO2. The fourth-order valence-corrected chi connectivity index (χ4v) is 2.31. The molecule has 0 saturated carbocycles. The van der Waals surface area contributed by atoms with E-state index in [-0.39, 0.29) is 24.0 Å². The normalized spacial score (nSPS) is 18.5. The second-order valence-electron chi connectivity index (χ2n) is 4.95. The van der Waals surface area contributed by atoms with Crippen LogP contribution in [0.3, 0.4) is 0 Å². The van der Waals surface area contributed by atoms with Crippen LogP contribution in [0.25, 0.3) is 0 Å². The molecule has 114 valence electrons. The monoisotopic (exact) mass is 299 g/mol. The highest BCUT2D eigenvalue weighted by Gasteiger charge is 2.34. The Morgan fingerprint density at radius 1 is 1.38 bits per heavy atom. The van der Waals surface area contributed by atoms with Crippen molar-refractivity contribution < 1.29 is 22.6 Å². The van der Waals surface area contributed by atoms with Crippen molar-refractivity contribution in [1.82, 2.24) is 0 Å². The zero-order valence-corrected chi connectivity index (χ0v) is 11.4. The Bertz CT molecular complexity index is 517. The van der Waals surface area contributed by atoms with Crippen LogP contribution in [0, 0.1) is 11.3 Å². The van der Waals surface area contributed by atoms with Gasteiger partial charge in [-0.1, -0.05) is 0 Å². The molecule has 1 aromatic rings. The number of hydrogen-bond acceptors (Lipinski definition) is 3. The fraction of sp³-hybridized carbons (Fsp3) is 0.533. The number of nitriles is 1. The first-order valence-electron chi connectivity index (χ1n) is 6.86. The predicted octanol–water partition coefficient (Wildman–Crippen LogP) is 3.92. The van der Waals surface area contributed by atoms with Gasteiger partial charge >= 0.3 is 6.18 Å². The van der Waals surface area contributed by atoms with E-state index in [1.807, 2.05) is 0 Å². The Labute approximate surface area is 121 Å². The van der Waals surface area contributed by atoms with Crippen LogP contribution in [-0.4, -0.2) is 19.3 Å². The minimum absolute atomic E-state index is 0.0333. The van der Waals surface area contributed by atoms with E-state index in [2.05, 4.69) is 0 Å². The summed E-state index contributed by atoms with van der Waals surface area (Å²) >= 11 is 0. The van der Waals surface area contributed by atoms with E-state index in [0.29, 0.717) is 6.42 Å². The predicted molar refractivity (Wildman–Crippen MR) is 69.9 cm³/mol. The summed E-state index contributed by atoms with van der Waals surface area (Å²) in [6.07, 6.45) is -0.850. The minimum Gasteiger partial charge on any atom is -0.493 e. The molecule has 2 rings (SSSR count). The van der Waals surface area contributed by atoms with Gasteiger partial charge in [0, 0.05) is 6.61 Å². The smallest absolute Gasteiger partial charge is 0.420 e. The Morgan fingerprint density at radius 3 is 2.81 bits per heavy atom. The molecule has 6 heteroatoms. The maximum Gasteiger partial charge on any atom is 0.420 e. The summed E-state index contributed by atoms with van der Waals surface area (Å²) in [6, 6.07) is 5.04. The minimum atomic E-state index is -4.53. The lowest BCUT2D eigenvalue weighted by Gasteiger charge is -2.15. The average Bonchev–Trinajstić information content (AvgIpc) is 2.96. The summed E-state index contributed by atoms with van der Waals surface area (Å²) in [5, 5.41) is 8.68. The molecular weight excluding hydrogens is 283 g/mol. The van der Waals surface area contributed by atoms with Crippen LogP contribution in [0.2, 0.25) is 0 Å². The fourth-order valence-electron chi connectivity index (χ4n) is 2.31. The van der Waals surface area contributed by atoms with Crippen LogP contribution in [-0.2, 0) is 10.9 Å². The van der Waals surface area contributed by atoms with Crippen molar-refractivity contribution in [3.63, 3.8) is 0 Å². The molecule has 0 aliphatic carbocycles. The van der Waals surface area contributed by atoms with Gasteiger partial charge in [-0.05, 0) is 43.9 Å². The average molecular weight is 299 g/mol. The molecule has 1 unspecified atom stereocenters. The van der Waals surface area contributed by atoms with Crippen molar-refractivity contribution in [2.75, 3.05) is 13.2 Å². The first-order chi connectivity index (χ1) is 10.0. The highest BCUT2D eigenvalue weighted by Crippen LogP contribution is 2.36. The molecule has 0 amide bonds. The van der Waals surface area contributed by atoms with Gasteiger partial charge in [0.25, 0.3) is 0 Å². The Kier molecular flexibility index (Phi) is 5.07. The second-order valence-corrected chi connectivity index (χ2v) is 4.95. The van der Waals surface area contributed by atoms with E-state index in [1.165, 1.54) is 12.1 Å². The molecule has 0 spiro atoms. The summed E-state index contributed by atoms with van der Waals surface area (Å²) in [7, 11) is 0. The first-order valence-corrected chi connectivity index (χ1v) is 6.86. The van der Waals surface area contributed by atoms with E-state index < -0.39 is 11.7 Å². The third kappa shape index (κ3) is 4.36. The number of ether oxygens (including phenoxy) is 2. The van der Waals surface area contributed by atoms with Gasteiger partial charge in [-0.25, -0.2) is 0 Å². The van der Waals surface area contributed by atoms with Crippen LogP contribution in [0.4, 0.5) is 13.2 Å². The van der Waals surface area contributed by atoms with Gasteiger partial charge < -0.3 is 9.47 Å². The SMILES string of the molecule is N#Cc1ccc(OCCCC2CCCO2)c(C(F)(F)F)c1. The van der Waals surface area contributed by atoms with Crippen molar-refractivity contribution in [2.45, 2.75) is 38.0 Å². The van der Waals surface area contributed by atoms with E-state index in [4.69, 9.17) is 14.7 Å². The van der Waals surface area contributed by atoms with E-state index in [0.717, 1.165) is 31.9 Å². The van der Waals surface area contributed by atoms with Crippen molar-refractivity contribution in [1.29, 1.82) is 5.26 Å². The molecule has 1 aliphatic heterocycles. The second kappa shape index (κ2) is 6.81. The highest BCUT2D eigenvalue weighted by molar-refractivity contribution is 5.43. The van der Waals surface area contributed by atoms with Crippen LogP contribution in [0.1, 0.15) is 36.8 Å². The van der Waals surface area contributed by atoms with E-state index >= 15 is 0 Å². The zero-order valence-electron chi connectivity index (χ0n) is 11.4. The highest BCUT2D eigenvalue weighted by atomic mass is 19.4. The number of halogens is 3. The summed E-state index contributed by atoms with van der Waals surface area (Å²) in [4.78, 5) is 0. The lowest BCUT2D eigenvalue weighted by molar-refractivity contribution is -0.139. The summed E-state index contributed by atoms with van der Waals surface area (Å²) in [6.45, 7) is 0.966. The number of rotatable bonds is 5. The summed E-state index contributed by atoms with van der Waals surface area (Å²) in [5.41, 5.74) is -0.937. The van der Waals surface area contributed by atoms with Crippen molar-refractivity contribution in [3.05, 3.63) is 29.3 Å². The first kappa shape index (κ1) is 15.6. The topological polar surface area (TPSA) is 42.2 Å². The van der Waals surface area contributed by atoms with E-state index in [1.54, 1.807) is 6.07 Å². The summed E-state index contributed by atoms with van der Waals surface area (Å²) < 4.78 is 49.4. The molecule has 0 radical (unpaired) electrons. The van der Waals surface area contributed by atoms with Gasteiger partial charge in [-0.2, -0.15) is 18.4 Å². The largest absolute Gasteiger partial charge is 0.493 e. The number of benzene rings is 1. The molecule has 1 saturated heterocycles. The van der Waals surface area contributed by atoms with Gasteiger partial charge in [0.15, 0.2) is 0 Å². The summed E-state index contributed by atoms with van der Waals surface area (Å²) in [5.74, 6) is -0.228. The van der Waals surface area contributed by atoms with Crippen molar-refractivity contribution in [3.8, 4) is 11.8 Å². The molecule has 0 N–H and O–H groups in total. The number of hydrogen-bond donors (Lipinski definition) is 0. The molecule has 0 bridgehead atoms. The van der Waals surface area contributed by atoms with Gasteiger partial charge in [-0.3, -0.25) is 0 Å². The molecule has 1 fully saturated rings. The molecule has 3 nitrogen and oxygen atoms in total. The lowest BCUT2D eigenvalue weighted by atomic mass is 10.1. The van der Waals surface area contributed by atoms with Gasteiger partial charge in [0.2, 0.25) is 0 Å². The Morgan fingerprint density at radius 2 is 2.19 bits per heavy atom. The third-order valence-electron chi connectivity index (χ3n) is 3.37. The Hall–Kier alpha value is -1.74. The molecule has 1 aromatic carbocycles. The molecule has 1 aliphatic rings. The maximum absolute atomic E-state index is 12.9. The van der Waals surface area contributed by atoms with Crippen LogP contribution >= 0.6 is 0 Å². The maximum atomic E-state index is 12.9. The van der Waals surface area contributed by atoms with Crippen LogP contribution in [0.5, 0.6) is 5.75 Å². The molecule has 21 heavy (non-hydrogen) atoms. The molecule has 1 heterocycles. The third-order valence-corrected chi connectivity index (χ3v) is 3.37. The van der Waals surface area contributed by atoms with E-state index in [9.17, 15) is 13.2 Å². The standard InChI is InChI=1S/C15H16F3NO2/c16-15(17,18)13-9-11(10-19)5-6-14(13)21-8-2-4-12-3-1-7-20-12/h5-6,9,12H,1-4,7-8H2. The number of alkyl halides is 3. The Balaban J connectivity index is 1.94. The van der Waals surface area contributed by atoms with Crippen molar-refractivity contribution in [2.24, 2.45) is 0 Å². The lowest BCUT2D eigenvalue weighted by Crippen LogP contribution is -2.11. The molecule has 0 aromatic heterocycles.